The van der Waals surface area contributed by atoms with Crippen LogP contribution in [0.2, 0.25) is 0 Å². The molecule has 2 amide bonds. The van der Waals surface area contributed by atoms with E-state index < -0.39 is 0 Å². The van der Waals surface area contributed by atoms with Crippen molar-refractivity contribution in [3.63, 3.8) is 0 Å². The number of nitrogens with one attached hydrogen (secondary N) is 1. The topological polar surface area (TPSA) is 76.5 Å². The standard InChI is InChI=1S/C24H25FN4O3/c1-28-21-11-12-29(22(30)13-16-5-9-19(32-2)10-6-16)15-20(21)23(27-28)24(31)26-14-17-3-7-18(25)8-4-17/h3-10H,11-15H2,1-2H3,(H,26,31). The molecule has 1 N–H and O–H groups in total. The summed E-state index contributed by atoms with van der Waals surface area (Å²) in [5.41, 5.74) is 3.77. The van der Waals surface area contributed by atoms with Gasteiger partial charge in [0, 0.05) is 44.4 Å². The van der Waals surface area contributed by atoms with Gasteiger partial charge in [0.1, 0.15) is 11.6 Å². The molecule has 1 aliphatic rings. The summed E-state index contributed by atoms with van der Waals surface area (Å²) in [6, 6.07) is 13.4. The van der Waals surface area contributed by atoms with E-state index in [0.717, 1.165) is 28.1 Å². The predicted octanol–water partition coefficient (Wildman–Crippen LogP) is 2.63. The molecule has 0 fully saturated rings. The Morgan fingerprint density at radius 1 is 1.09 bits per heavy atom. The Kier molecular flexibility index (Phi) is 6.20. The van der Waals surface area contributed by atoms with E-state index in [-0.39, 0.29) is 30.6 Å². The van der Waals surface area contributed by atoms with Crippen molar-refractivity contribution in [3.8, 4) is 5.75 Å². The van der Waals surface area contributed by atoms with Gasteiger partial charge in [-0.15, -0.1) is 0 Å². The number of methoxy groups -OCH3 is 1. The van der Waals surface area contributed by atoms with Crippen LogP contribution in [0.25, 0.3) is 0 Å². The average molecular weight is 436 g/mol. The van der Waals surface area contributed by atoms with Crippen LogP contribution in [-0.2, 0) is 37.8 Å². The van der Waals surface area contributed by atoms with E-state index >= 15 is 0 Å². The molecular formula is C24H25FN4O3. The molecule has 0 spiro atoms. The monoisotopic (exact) mass is 436 g/mol. The number of halogens is 1. The molecule has 32 heavy (non-hydrogen) atoms. The minimum Gasteiger partial charge on any atom is -0.497 e. The molecule has 0 atom stereocenters. The molecule has 0 radical (unpaired) electrons. The maximum Gasteiger partial charge on any atom is 0.272 e. The Balaban J connectivity index is 1.44. The van der Waals surface area contributed by atoms with Gasteiger partial charge in [0.05, 0.1) is 13.5 Å². The first-order valence-corrected chi connectivity index (χ1v) is 10.4. The fourth-order valence-corrected chi connectivity index (χ4v) is 3.89. The molecule has 2 aromatic carbocycles. The SMILES string of the molecule is COc1ccc(CC(=O)N2CCc3c(c(C(=O)NCc4ccc(F)cc4)nn3C)C2)cc1. The minimum absolute atomic E-state index is 0.00217. The number of amides is 2. The largest absolute Gasteiger partial charge is 0.497 e. The Morgan fingerprint density at radius 2 is 1.78 bits per heavy atom. The van der Waals surface area contributed by atoms with E-state index in [4.69, 9.17) is 4.74 Å². The third-order valence-electron chi connectivity index (χ3n) is 5.69. The summed E-state index contributed by atoms with van der Waals surface area (Å²) >= 11 is 0. The highest BCUT2D eigenvalue weighted by molar-refractivity contribution is 5.94. The molecule has 3 aromatic rings. The van der Waals surface area contributed by atoms with Crippen molar-refractivity contribution in [3.05, 3.63) is 82.4 Å². The maximum absolute atomic E-state index is 13.1. The molecule has 0 aliphatic carbocycles. The van der Waals surface area contributed by atoms with Crippen molar-refractivity contribution in [2.75, 3.05) is 13.7 Å². The summed E-state index contributed by atoms with van der Waals surface area (Å²) in [4.78, 5) is 27.5. The van der Waals surface area contributed by atoms with Crippen LogP contribution in [0.15, 0.2) is 48.5 Å². The molecule has 1 aliphatic heterocycles. The quantitative estimate of drug-likeness (QED) is 0.645. The van der Waals surface area contributed by atoms with Gasteiger partial charge in [-0.2, -0.15) is 5.10 Å². The van der Waals surface area contributed by atoms with Gasteiger partial charge in [-0.1, -0.05) is 24.3 Å². The summed E-state index contributed by atoms with van der Waals surface area (Å²) in [6.07, 6.45) is 0.921. The Bertz CT molecular complexity index is 1120. The number of aryl methyl sites for hydroxylation is 1. The molecule has 7 nitrogen and oxygen atoms in total. The first-order chi connectivity index (χ1) is 15.4. The number of hydrogen-bond donors (Lipinski definition) is 1. The third kappa shape index (κ3) is 4.64. The maximum atomic E-state index is 13.1. The number of benzene rings is 2. The molecule has 0 saturated carbocycles. The highest BCUT2D eigenvalue weighted by Crippen LogP contribution is 2.23. The fraction of sp³-hybridized carbons (Fsp3) is 0.292. The van der Waals surface area contributed by atoms with Gasteiger partial charge in [0.25, 0.3) is 5.91 Å². The van der Waals surface area contributed by atoms with Gasteiger partial charge in [0.2, 0.25) is 5.91 Å². The molecule has 4 rings (SSSR count). The number of fused-ring (bicyclic) bond motifs is 1. The lowest BCUT2D eigenvalue weighted by molar-refractivity contribution is -0.131. The second-order valence-electron chi connectivity index (χ2n) is 7.80. The zero-order chi connectivity index (χ0) is 22.7. The van der Waals surface area contributed by atoms with Crippen LogP contribution in [-0.4, -0.2) is 40.1 Å². The van der Waals surface area contributed by atoms with E-state index in [1.165, 1.54) is 12.1 Å². The summed E-state index contributed by atoms with van der Waals surface area (Å²) in [6.45, 7) is 1.19. The predicted molar refractivity (Wildman–Crippen MR) is 117 cm³/mol. The number of rotatable bonds is 6. The van der Waals surface area contributed by atoms with E-state index in [1.54, 1.807) is 28.8 Å². The van der Waals surface area contributed by atoms with Crippen LogP contribution in [0, 0.1) is 5.82 Å². The number of aromatic nitrogens is 2. The first kappa shape index (κ1) is 21.5. The summed E-state index contributed by atoms with van der Waals surface area (Å²) in [7, 11) is 3.41. The van der Waals surface area contributed by atoms with Crippen LogP contribution < -0.4 is 10.1 Å². The van der Waals surface area contributed by atoms with Crippen LogP contribution in [0.3, 0.4) is 0 Å². The van der Waals surface area contributed by atoms with Crippen LogP contribution in [0.5, 0.6) is 5.75 Å². The molecule has 0 bridgehead atoms. The van der Waals surface area contributed by atoms with E-state index in [1.807, 2.05) is 31.3 Å². The molecule has 2 heterocycles. The molecule has 166 valence electrons. The molecular weight excluding hydrogens is 411 g/mol. The number of carbonyl (C=O) groups is 2. The normalized spacial score (nSPS) is 12.9. The van der Waals surface area contributed by atoms with Crippen LogP contribution >= 0.6 is 0 Å². The smallest absolute Gasteiger partial charge is 0.272 e. The number of ether oxygens (including phenoxy) is 1. The third-order valence-corrected chi connectivity index (χ3v) is 5.69. The molecule has 0 saturated heterocycles. The van der Waals surface area contributed by atoms with E-state index in [0.29, 0.717) is 25.2 Å². The van der Waals surface area contributed by atoms with Crippen molar-refractivity contribution in [2.24, 2.45) is 7.05 Å². The Labute approximate surface area is 185 Å². The number of carbonyl (C=O) groups excluding carboxylic acids is 2. The zero-order valence-corrected chi connectivity index (χ0v) is 18.1. The minimum atomic E-state index is -0.321. The molecule has 8 heteroatoms. The Hall–Kier alpha value is -3.68. The highest BCUT2D eigenvalue weighted by Gasteiger charge is 2.29. The molecule has 1 aromatic heterocycles. The summed E-state index contributed by atoms with van der Waals surface area (Å²) < 4.78 is 20.0. The highest BCUT2D eigenvalue weighted by atomic mass is 19.1. The fourth-order valence-electron chi connectivity index (χ4n) is 3.89. The van der Waals surface area contributed by atoms with E-state index in [9.17, 15) is 14.0 Å². The van der Waals surface area contributed by atoms with Crippen molar-refractivity contribution in [2.45, 2.75) is 25.9 Å². The zero-order valence-electron chi connectivity index (χ0n) is 18.1. The Morgan fingerprint density at radius 3 is 2.47 bits per heavy atom. The lowest BCUT2D eigenvalue weighted by atomic mass is 10.0. The van der Waals surface area contributed by atoms with Gasteiger partial charge >= 0.3 is 0 Å². The second kappa shape index (κ2) is 9.21. The first-order valence-electron chi connectivity index (χ1n) is 10.4. The molecule has 0 unspecified atom stereocenters. The van der Waals surface area contributed by atoms with Crippen molar-refractivity contribution < 1.29 is 18.7 Å². The van der Waals surface area contributed by atoms with Gasteiger partial charge in [0.15, 0.2) is 5.69 Å². The van der Waals surface area contributed by atoms with Gasteiger partial charge in [-0.3, -0.25) is 14.3 Å². The van der Waals surface area contributed by atoms with Gasteiger partial charge in [-0.25, -0.2) is 4.39 Å². The lowest BCUT2D eigenvalue weighted by Crippen LogP contribution is -2.38. The second-order valence-corrected chi connectivity index (χ2v) is 7.80. The van der Waals surface area contributed by atoms with Crippen LogP contribution in [0.1, 0.15) is 32.9 Å². The van der Waals surface area contributed by atoms with Crippen molar-refractivity contribution in [1.82, 2.24) is 20.0 Å². The van der Waals surface area contributed by atoms with E-state index in [2.05, 4.69) is 10.4 Å². The average Bonchev–Trinajstić information content (AvgIpc) is 3.15. The number of nitrogens with zero attached hydrogens (tertiary/aromatic N) is 3. The van der Waals surface area contributed by atoms with Crippen molar-refractivity contribution in [1.29, 1.82) is 0 Å². The number of hydrogen-bond acceptors (Lipinski definition) is 4. The van der Waals surface area contributed by atoms with Crippen molar-refractivity contribution >= 4 is 11.8 Å². The lowest BCUT2D eigenvalue weighted by Gasteiger charge is -2.27. The van der Waals surface area contributed by atoms with Crippen LogP contribution in [0.4, 0.5) is 4.39 Å². The summed E-state index contributed by atoms with van der Waals surface area (Å²) in [5.74, 6) is 0.117. The van der Waals surface area contributed by atoms with Gasteiger partial charge in [-0.05, 0) is 35.4 Å². The summed E-state index contributed by atoms with van der Waals surface area (Å²) in [5, 5.41) is 7.25. The van der Waals surface area contributed by atoms with Gasteiger partial charge < -0.3 is 15.0 Å².